The number of aryl methyl sites for hydroxylation is 2. The molecule has 1 aromatic heterocycles. The molecule has 42 heavy (non-hydrogen) atoms. The number of amides is 2. The number of nitrogens with one attached hydrogen (secondary N) is 3. The van der Waals surface area contributed by atoms with Crippen molar-refractivity contribution < 1.29 is 23.5 Å². The van der Waals surface area contributed by atoms with E-state index in [1.54, 1.807) is 19.4 Å². The third kappa shape index (κ3) is 7.03. The first kappa shape index (κ1) is 29.0. The predicted molar refractivity (Wildman–Crippen MR) is 160 cm³/mol. The summed E-state index contributed by atoms with van der Waals surface area (Å²) in [6, 6.07) is 17.1. The monoisotopic (exact) mass is 570 g/mol. The first-order chi connectivity index (χ1) is 20.4. The third-order valence-electron chi connectivity index (χ3n) is 7.70. The van der Waals surface area contributed by atoms with Crippen molar-refractivity contribution in [1.82, 2.24) is 15.6 Å². The number of hydrogen-bond acceptors (Lipinski definition) is 6. The summed E-state index contributed by atoms with van der Waals surface area (Å²) in [7, 11) is 1.64. The van der Waals surface area contributed by atoms with E-state index in [1.807, 2.05) is 43.3 Å². The quantitative estimate of drug-likeness (QED) is 0.224. The van der Waals surface area contributed by atoms with Crippen LogP contribution in [0.5, 0.6) is 17.2 Å². The van der Waals surface area contributed by atoms with Gasteiger partial charge in [-0.1, -0.05) is 24.3 Å². The number of halogens is 1. The van der Waals surface area contributed by atoms with E-state index in [2.05, 4.69) is 20.9 Å². The molecule has 4 aromatic rings. The summed E-state index contributed by atoms with van der Waals surface area (Å²) in [6.07, 6.45) is 5.97. The van der Waals surface area contributed by atoms with E-state index in [9.17, 15) is 9.59 Å². The molecule has 0 spiro atoms. The highest BCUT2D eigenvalue weighted by molar-refractivity contribution is 6.39. The van der Waals surface area contributed by atoms with E-state index in [0.29, 0.717) is 17.1 Å². The van der Waals surface area contributed by atoms with Crippen LogP contribution >= 0.6 is 0 Å². The molecule has 1 saturated heterocycles. The topological polar surface area (TPSA) is 102 Å². The van der Waals surface area contributed by atoms with Crippen molar-refractivity contribution in [3.05, 3.63) is 89.4 Å². The molecule has 5 rings (SSSR count). The van der Waals surface area contributed by atoms with Crippen LogP contribution in [0, 0.1) is 18.7 Å². The van der Waals surface area contributed by atoms with Gasteiger partial charge in [-0.25, -0.2) is 4.39 Å². The number of carbonyl (C=O) groups excluding carboxylic acids is 2. The van der Waals surface area contributed by atoms with Gasteiger partial charge in [0.2, 0.25) is 0 Å². The van der Waals surface area contributed by atoms with E-state index in [1.165, 1.54) is 25.0 Å². The van der Waals surface area contributed by atoms with Crippen LogP contribution in [0.25, 0.3) is 10.9 Å². The number of fused-ring (bicyclic) bond motifs is 1. The molecule has 0 unspecified atom stereocenters. The van der Waals surface area contributed by atoms with E-state index >= 15 is 4.39 Å². The van der Waals surface area contributed by atoms with Crippen LogP contribution in [0.4, 0.5) is 10.1 Å². The van der Waals surface area contributed by atoms with Crippen molar-refractivity contribution >= 4 is 28.4 Å². The van der Waals surface area contributed by atoms with Gasteiger partial charge in [-0.3, -0.25) is 14.6 Å². The number of pyridine rings is 1. The van der Waals surface area contributed by atoms with Crippen molar-refractivity contribution in [3.63, 3.8) is 0 Å². The molecule has 0 radical (unpaired) electrons. The minimum absolute atomic E-state index is 0.0292. The molecule has 0 bridgehead atoms. The Morgan fingerprint density at radius 1 is 0.976 bits per heavy atom. The maximum absolute atomic E-state index is 15.1. The maximum atomic E-state index is 15.1. The number of benzene rings is 3. The number of anilines is 1. The van der Waals surface area contributed by atoms with Gasteiger partial charge in [-0.05, 0) is 98.6 Å². The second-order valence-corrected chi connectivity index (χ2v) is 10.5. The molecule has 218 valence electrons. The Labute approximate surface area is 244 Å². The lowest BCUT2D eigenvalue weighted by atomic mass is 9.91. The summed E-state index contributed by atoms with van der Waals surface area (Å²) < 4.78 is 26.7. The highest BCUT2D eigenvalue weighted by atomic mass is 19.1. The lowest BCUT2D eigenvalue weighted by Gasteiger charge is -2.23. The van der Waals surface area contributed by atoms with Gasteiger partial charge in [0.15, 0.2) is 11.6 Å². The minimum atomic E-state index is -0.889. The number of aromatic nitrogens is 1. The van der Waals surface area contributed by atoms with Gasteiger partial charge in [0.1, 0.15) is 11.5 Å². The average molecular weight is 571 g/mol. The molecule has 0 saturated carbocycles. The molecule has 2 heterocycles. The molecule has 0 aliphatic carbocycles. The lowest BCUT2D eigenvalue weighted by molar-refractivity contribution is -0.136. The molecule has 9 heteroatoms. The summed E-state index contributed by atoms with van der Waals surface area (Å²) in [6.45, 7) is 4.27. The highest BCUT2D eigenvalue weighted by Crippen LogP contribution is 2.36. The first-order valence-corrected chi connectivity index (χ1v) is 14.2. The summed E-state index contributed by atoms with van der Waals surface area (Å²) in [5.74, 6) is -0.561. The summed E-state index contributed by atoms with van der Waals surface area (Å²) in [5.41, 5.74) is 3.86. The smallest absolute Gasteiger partial charge is 0.313 e. The lowest BCUT2D eigenvalue weighted by Crippen LogP contribution is -2.35. The van der Waals surface area contributed by atoms with Crippen molar-refractivity contribution in [2.24, 2.45) is 5.92 Å². The second kappa shape index (κ2) is 13.4. The minimum Gasteiger partial charge on any atom is -0.496 e. The fraction of sp³-hybridized carbons (Fsp3) is 0.303. The number of carbonyl (C=O) groups is 2. The van der Waals surface area contributed by atoms with Crippen molar-refractivity contribution in [3.8, 4) is 17.2 Å². The Morgan fingerprint density at radius 3 is 2.55 bits per heavy atom. The van der Waals surface area contributed by atoms with Gasteiger partial charge in [0, 0.05) is 29.9 Å². The maximum Gasteiger partial charge on any atom is 0.313 e. The van der Waals surface area contributed by atoms with Crippen LogP contribution in [0.2, 0.25) is 0 Å². The summed E-state index contributed by atoms with van der Waals surface area (Å²) in [5, 5.41) is 9.12. The molecular weight excluding hydrogens is 535 g/mol. The van der Waals surface area contributed by atoms with Crippen LogP contribution in [-0.2, 0) is 22.6 Å². The largest absolute Gasteiger partial charge is 0.496 e. The van der Waals surface area contributed by atoms with Crippen LogP contribution in [-0.4, -0.2) is 37.0 Å². The number of piperidine rings is 1. The Bertz CT molecular complexity index is 1590. The van der Waals surface area contributed by atoms with Gasteiger partial charge >= 0.3 is 11.8 Å². The van der Waals surface area contributed by atoms with Gasteiger partial charge in [-0.2, -0.15) is 0 Å². The number of nitrogens with zero attached hydrogens (tertiary/aromatic N) is 1. The van der Waals surface area contributed by atoms with Crippen molar-refractivity contribution in [2.75, 3.05) is 25.5 Å². The normalized spacial score (nSPS) is 13.5. The molecule has 1 aliphatic heterocycles. The summed E-state index contributed by atoms with van der Waals surface area (Å²) in [4.78, 5) is 29.2. The Balaban J connectivity index is 1.25. The van der Waals surface area contributed by atoms with Crippen LogP contribution in [0.1, 0.15) is 36.0 Å². The van der Waals surface area contributed by atoms with Gasteiger partial charge in [-0.15, -0.1) is 0 Å². The van der Waals surface area contributed by atoms with Crippen LogP contribution < -0.4 is 25.4 Å². The van der Waals surface area contributed by atoms with Gasteiger partial charge < -0.3 is 25.4 Å². The van der Waals surface area contributed by atoms with E-state index < -0.39 is 17.6 Å². The highest BCUT2D eigenvalue weighted by Gasteiger charge is 2.18. The Hall–Kier alpha value is -4.50. The standard InChI is InChI=1S/C33H35FN4O4/c1-21-5-3-4-6-24(21)20-37-32(39)33(40)38-25-9-10-30(27(34)18-25)42-29-13-16-36-28-17-23(31(41-2)19-26(28)29)8-7-22-11-14-35-15-12-22/h3-6,9-10,13,16-19,22,35H,7-8,11-12,14-15,20H2,1-2H3,(H,37,39)(H,38,40). The van der Waals surface area contributed by atoms with Crippen molar-refractivity contribution in [2.45, 2.75) is 39.2 Å². The third-order valence-corrected chi connectivity index (χ3v) is 7.70. The first-order valence-electron chi connectivity index (χ1n) is 14.2. The zero-order valence-electron chi connectivity index (χ0n) is 23.8. The SMILES string of the molecule is COc1cc2c(Oc3ccc(NC(=O)C(=O)NCc4ccccc4C)cc3F)ccnc2cc1CCC1CCNCC1. The van der Waals surface area contributed by atoms with Gasteiger partial charge in [0.05, 0.1) is 12.6 Å². The zero-order valence-corrected chi connectivity index (χ0v) is 23.8. The molecule has 0 atom stereocenters. The second-order valence-electron chi connectivity index (χ2n) is 10.5. The van der Waals surface area contributed by atoms with E-state index in [-0.39, 0.29) is 18.0 Å². The summed E-state index contributed by atoms with van der Waals surface area (Å²) >= 11 is 0. The molecular formula is C33H35FN4O4. The number of methoxy groups -OCH3 is 1. The molecule has 8 nitrogen and oxygen atoms in total. The number of ether oxygens (including phenoxy) is 2. The van der Waals surface area contributed by atoms with E-state index in [0.717, 1.165) is 60.0 Å². The molecule has 3 N–H and O–H groups in total. The van der Waals surface area contributed by atoms with Crippen molar-refractivity contribution in [1.29, 1.82) is 0 Å². The number of hydrogen-bond donors (Lipinski definition) is 3. The molecule has 3 aromatic carbocycles. The van der Waals surface area contributed by atoms with Gasteiger partial charge in [0.25, 0.3) is 0 Å². The predicted octanol–water partition coefficient (Wildman–Crippen LogP) is 5.67. The van der Waals surface area contributed by atoms with Crippen LogP contribution in [0.15, 0.2) is 66.9 Å². The average Bonchev–Trinajstić information content (AvgIpc) is 3.01. The molecule has 2 amide bonds. The fourth-order valence-electron chi connectivity index (χ4n) is 5.23. The Morgan fingerprint density at radius 2 is 1.79 bits per heavy atom. The Kier molecular flexibility index (Phi) is 9.28. The molecule has 1 aliphatic rings. The fourth-order valence-corrected chi connectivity index (χ4v) is 5.23. The zero-order chi connectivity index (χ0) is 29.5. The number of rotatable bonds is 9. The molecule has 1 fully saturated rings. The van der Waals surface area contributed by atoms with E-state index in [4.69, 9.17) is 9.47 Å². The van der Waals surface area contributed by atoms with Crippen LogP contribution in [0.3, 0.4) is 0 Å².